The maximum Gasteiger partial charge on any atom is 0.187 e. The summed E-state index contributed by atoms with van der Waals surface area (Å²) in [6.07, 6.45) is -17.3. The molecule has 3 aliphatic heterocycles. The van der Waals surface area contributed by atoms with Crippen LogP contribution in [0.3, 0.4) is 0 Å². The zero-order chi connectivity index (χ0) is 38.1. The Morgan fingerprint density at radius 3 is 2.04 bits per heavy atom. The van der Waals surface area contributed by atoms with E-state index in [-0.39, 0.29) is 38.8 Å². The highest BCUT2D eigenvalue weighted by Crippen LogP contribution is 2.41. The highest BCUT2D eigenvalue weighted by Gasteiger charge is 2.59. The molecule has 5 aliphatic rings. The molecule has 21 heteroatoms. The molecule has 20 atom stereocenters. The van der Waals surface area contributed by atoms with Gasteiger partial charge in [-0.1, -0.05) is 0 Å². The van der Waals surface area contributed by atoms with Gasteiger partial charge in [-0.15, -0.1) is 0 Å². The second kappa shape index (κ2) is 17.8. The van der Waals surface area contributed by atoms with E-state index < -0.39 is 134 Å². The summed E-state index contributed by atoms with van der Waals surface area (Å²) >= 11 is 0. The predicted octanol–water partition coefficient (Wildman–Crippen LogP) is -8.18. The van der Waals surface area contributed by atoms with Crippen molar-refractivity contribution >= 4 is 5.78 Å². The van der Waals surface area contributed by atoms with Crippen molar-refractivity contribution in [2.24, 2.45) is 40.3 Å². The van der Waals surface area contributed by atoms with Crippen LogP contribution in [-0.4, -0.2) is 190 Å². The average Bonchev–Trinajstić information content (AvgIpc) is 3.63. The summed E-state index contributed by atoms with van der Waals surface area (Å²) < 4.78 is 35.9. The van der Waals surface area contributed by atoms with Crippen molar-refractivity contribution in [2.45, 2.75) is 148 Å². The fourth-order valence-corrected chi connectivity index (χ4v) is 7.44. The Hall–Kier alpha value is -1.13. The van der Waals surface area contributed by atoms with Gasteiger partial charge in [0.25, 0.3) is 0 Å². The second-order valence-electron chi connectivity index (χ2n) is 14.7. The number of Topliss-reactive ketones (excluding diaryl/α,β-unsaturated/α-hetero) is 1. The van der Waals surface area contributed by atoms with E-state index in [1.807, 2.05) is 0 Å². The number of nitrogens with one attached hydrogen (secondary N) is 1. The van der Waals surface area contributed by atoms with Crippen LogP contribution in [0, 0.1) is 5.92 Å². The molecule has 302 valence electrons. The molecular weight excluding hydrogens is 694 g/mol. The van der Waals surface area contributed by atoms with Crippen LogP contribution in [0.5, 0.6) is 0 Å². The fraction of sp³-hybridized carbons (Fsp3) is 0.968. The third-order valence-electron chi connectivity index (χ3n) is 10.9. The number of hydrogen-bond donors (Lipinski definition) is 14. The topological polar surface area (TPSA) is 382 Å². The van der Waals surface area contributed by atoms with E-state index in [9.17, 15) is 40.5 Å². The lowest BCUT2D eigenvalue weighted by Gasteiger charge is -2.47. The lowest BCUT2D eigenvalue weighted by Crippen LogP contribution is -2.64. The minimum Gasteiger partial charge on any atom is -0.394 e. The molecule has 3 saturated heterocycles. The van der Waals surface area contributed by atoms with E-state index in [0.717, 1.165) is 0 Å². The molecule has 0 spiro atoms. The number of carbonyl (C=O) groups excluding carboxylic acids is 1. The third kappa shape index (κ3) is 8.95. The van der Waals surface area contributed by atoms with E-state index in [2.05, 4.69) is 5.32 Å². The van der Waals surface area contributed by atoms with Crippen LogP contribution < -0.4 is 39.7 Å². The Labute approximate surface area is 301 Å². The van der Waals surface area contributed by atoms with E-state index in [0.29, 0.717) is 19.5 Å². The van der Waals surface area contributed by atoms with E-state index in [1.165, 1.54) is 0 Å². The zero-order valence-electron chi connectivity index (χ0n) is 29.0. The minimum absolute atomic E-state index is 0.0455. The van der Waals surface area contributed by atoms with Crippen molar-refractivity contribution < 1.29 is 69.0 Å². The van der Waals surface area contributed by atoms with Gasteiger partial charge in [-0.25, -0.2) is 0 Å². The van der Waals surface area contributed by atoms with Gasteiger partial charge in [-0.05, 0) is 38.3 Å². The number of hydrogen-bond acceptors (Lipinski definition) is 21. The molecule has 20 N–H and O–H groups in total. The average molecular weight is 754 g/mol. The predicted molar refractivity (Wildman–Crippen MR) is 177 cm³/mol. The van der Waals surface area contributed by atoms with Gasteiger partial charge in [0.1, 0.15) is 54.4 Å². The van der Waals surface area contributed by atoms with Crippen molar-refractivity contribution in [2.75, 3.05) is 32.8 Å². The van der Waals surface area contributed by atoms with Crippen LogP contribution in [0.25, 0.3) is 0 Å². The van der Waals surface area contributed by atoms with Gasteiger partial charge in [-0.2, -0.15) is 0 Å². The van der Waals surface area contributed by atoms with Crippen molar-refractivity contribution in [3.63, 3.8) is 0 Å². The first-order chi connectivity index (χ1) is 24.6. The smallest absolute Gasteiger partial charge is 0.187 e. The summed E-state index contributed by atoms with van der Waals surface area (Å²) in [4.78, 5) is 13.0. The van der Waals surface area contributed by atoms with Crippen LogP contribution in [0.1, 0.15) is 32.1 Å². The fourth-order valence-electron chi connectivity index (χ4n) is 7.44. The van der Waals surface area contributed by atoms with Crippen LogP contribution in [-0.2, 0) is 33.2 Å². The molecule has 0 aromatic carbocycles. The van der Waals surface area contributed by atoms with Gasteiger partial charge in [0.05, 0.1) is 37.0 Å². The van der Waals surface area contributed by atoms with Gasteiger partial charge in [0.15, 0.2) is 24.7 Å². The molecular formula is C31H59N7O14. The zero-order valence-corrected chi connectivity index (χ0v) is 29.0. The summed E-state index contributed by atoms with van der Waals surface area (Å²) in [6.45, 7) is 0.483. The number of ether oxygens (including phenoxy) is 6. The van der Waals surface area contributed by atoms with Crippen LogP contribution >= 0.6 is 0 Å². The standard InChI is InChI=1S/C31H59N7O14/c32-2-1-3-38-9-16-14(40)6-13(35)28(48-16)50-25-12(34)4-11(5-19(41)31(46)7-18(31)36)21(42)27(25)52-30-24(45)26(17(10-39)49-30)51-29-20(37)23(44)22(43)15(8-33)47-29/h11-18,20-30,38-40,42-46H,1-10,32-37H2/t11-,12-,13+,14-,15-,16+,17+,18?,20+,21-,22+,23+,24+,25+,26+,27+,28+,29+,30-,31?/m0/s1. The number of ketones is 1. The third-order valence-corrected chi connectivity index (χ3v) is 10.9. The molecule has 2 saturated carbocycles. The number of aliphatic hydroxyl groups excluding tert-OH is 6. The minimum atomic E-state index is -1.71. The lowest BCUT2D eigenvalue weighted by molar-refractivity contribution is -0.299. The summed E-state index contributed by atoms with van der Waals surface area (Å²) in [5.74, 6) is -1.41. The van der Waals surface area contributed by atoms with E-state index in [1.54, 1.807) is 0 Å². The molecule has 0 bridgehead atoms. The lowest BCUT2D eigenvalue weighted by atomic mass is 9.76. The molecule has 5 fully saturated rings. The Balaban J connectivity index is 1.34. The van der Waals surface area contributed by atoms with Gasteiger partial charge in [-0.3, -0.25) is 4.79 Å². The van der Waals surface area contributed by atoms with E-state index >= 15 is 0 Å². The number of rotatable bonds is 16. The maximum atomic E-state index is 13.0. The molecule has 2 unspecified atom stereocenters. The van der Waals surface area contributed by atoms with Gasteiger partial charge in [0, 0.05) is 38.0 Å². The summed E-state index contributed by atoms with van der Waals surface area (Å²) in [6, 6.07) is -3.73. The molecule has 52 heavy (non-hydrogen) atoms. The molecule has 0 radical (unpaired) electrons. The largest absolute Gasteiger partial charge is 0.394 e. The number of carbonyl (C=O) groups is 1. The van der Waals surface area contributed by atoms with Crippen LogP contribution in [0.2, 0.25) is 0 Å². The molecule has 0 amide bonds. The quantitative estimate of drug-likeness (QED) is 0.0651. The summed E-state index contributed by atoms with van der Waals surface area (Å²) in [7, 11) is 0. The Morgan fingerprint density at radius 2 is 1.40 bits per heavy atom. The van der Waals surface area contributed by atoms with Crippen LogP contribution in [0.15, 0.2) is 0 Å². The van der Waals surface area contributed by atoms with Crippen LogP contribution in [0.4, 0.5) is 0 Å². The summed E-state index contributed by atoms with van der Waals surface area (Å²) in [5.41, 5.74) is 34.3. The first kappa shape index (κ1) is 42.0. The SMILES string of the molecule is NCCCNC[C@H]1O[C@H](O[C@H]2[C@H](O[C@@H]3O[C@H](CO)[C@@H](O[C@H]4O[C@@H](CN)[C@@H](O)[C@H](O)[C@H]4N)[C@H]3O)[C@@H](O)[C@H](CC(=O)C3(O)CC3N)C[C@@H]2N)[C@H](N)C[C@@H]1O. The van der Waals surface area contributed by atoms with Crippen molar-refractivity contribution in [3.05, 3.63) is 0 Å². The Bertz CT molecular complexity index is 1170. The molecule has 0 aromatic heterocycles. The van der Waals surface area contributed by atoms with Crippen molar-refractivity contribution in [1.29, 1.82) is 0 Å². The monoisotopic (exact) mass is 753 g/mol. The van der Waals surface area contributed by atoms with Gasteiger partial charge >= 0.3 is 0 Å². The first-order valence-electron chi connectivity index (χ1n) is 18.0. The Kier molecular flexibility index (Phi) is 14.4. The number of aliphatic hydroxyl groups is 7. The second-order valence-corrected chi connectivity index (χ2v) is 14.7. The highest BCUT2D eigenvalue weighted by molar-refractivity contribution is 5.91. The molecule has 3 heterocycles. The first-order valence-corrected chi connectivity index (χ1v) is 18.0. The Morgan fingerprint density at radius 1 is 0.769 bits per heavy atom. The molecule has 0 aromatic rings. The van der Waals surface area contributed by atoms with Gasteiger partial charge in [0.2, 0.25) is 0 Å². The number of nitrogens with two attached hydrogens (primary N) is 6. The highest BCUT2D eigenvalue weighted by atomic mass is 16.8. The van der Waals surface area contributed by atoms with E-state index in [4.69, 9.17) is 62.8 Å². The molecule has 21 nitrogen and oxygen atoms in total. The normalized spacial score (nSPS) is 49.6. The van der Waals surface area contributed by atoms with Gasteiger partial charge < -0.3 is 104 Å². The molecule has 5 rings (SSSR count). The molecule has 2 aliphatic carbocycles. The summed E-state index contributed by atoms with van der Waals surface area (Å²) in [5, 5.41) is 78.4. The van der Waals surface area contributed by atoms with Crippen molar-refractivity contribution in [1.82, 2.24) is 5.32 Å². The maximum absolute atomic E-state index is 13.0. The van der Waals surface area contributed by atoms with Crippen molar-refractivity contribution in [3.8, 4) is 0 Å².